The zero-order chi connectivity index (χ0) is 27.7. The highest BCUT2D eigenvalue weighted by Gasteiger charge is 2.48. The van der Waals surface area contributed by atoms with Crippen molar-refractivity contribution in [1.82, 2.24) is 10.2 Å². The summed E-state index contributed by atoms with van der Waals surface area (Å²) < 4.78 is 20.0. The molecule has 0 spiro atoms. The number of aliphatic hydroxyl groups excluding tert-OH is 1. The number of Topliss-reactive ketones (excluding diaryl/α,β-unsaturated/α-hetero) is 1. The summed E-state index contributed by atoms with van der Waals surface area (Å²) in [5.41, 5.74) is 3.17. The Kier molecular flexibility index (Phi) is 7.49. The molecule has 1 aliphatic heterocycles. The largest absolute Gasteiger partial charge is 0.507 e. The summed E-state index contributed by atoms with van der Waals surface area (Å²) in [7, 11) is 1.52. The molecule has 0 radical (unpaired) electrons. The quantitative estimate of drug-likeness (QED) is 0.0941. The third-order valence-electron chi connectivity index (χ3n) is 6.41. The van der Waals surface area contributed by atoms with Crippen molar-refractivity contribution in [1.29, 1.82) is 0 Å². The van der Waals surface area contributed by atoms with Gasteiger partial charge in [0.05, 0.1) is 18.7 Å². The van der Waals surface area contributed by atoms with Crippen LogP contribution in [0, 0.1) is 19.7 Å². The molecule has 1 fully saturated rings. The molecule has 4 aromatic rings. The number of amides is 1. The molecule has 198 valence electrons. The van der Waals surface area contributed by atoms with Gasteiger partial charge in [-0.25, -0.2) is 4.39 Å². The Hall–Kier alpha value is -4.02. The summed E-state index contributed by atoms with van der Waals surface area (Å²) in [6.45, 7) is 3.71. The molecule has 7 nitrogen and oxygen atoms in total. The van der Waals surface area contributed by atoms with Crippen LogP contribution in [0.15, 0.2) is 76.6 Å². The van der Waals surface area contributed by atoms with Crippen molar-refractivity contribution in [2.75, 3.05) is 12.0 Å². The van der Waals surface area contributed by atoms with Crippen molar-refractivity contribution >= 4 is 45.7 Å². The lowest BCUT2D eigenvalue weighted by atomic mass is 9.93. The molecule has 1 amide bonds. The van der Waals surface area contributed by atoms with E-state index in [2.05, 4.69) is 10.2 Å². The van der Waals surface area contributed by atoms with E-state index in [4.69, 9.17) is 4.74 Å². The number of hydrogen-bond donors (Lipinski definition) is 1. The molecule has 10 heteroatoms. The van der Waals surface area contributed by atoms with Gasteiger partial charge in [0, 0.05) is 11.3 Å². The number of carbonyl (C=O) groups is 2. The van der Waals surface area contributed by atoms with Crippen LogP contribution in [0.2, 0.25) is 0 Å². The lowest BCUT2D eigenvalue weighted by Crippen LogP contribution is -2.29. The third-order valence-corrected chi connectivity index (χ3v) is 8.52. The normalized spacial score (nSPS) is 16.6. The maximum atomic E-state index is 14.1. The topological polar surface area (TPSA) is 92.6 Å². The van der Waals surface area contributed by atoms with Crippen LogP contribution in [-0.2, 0) is 15.3 Å². The lowest BCUT2D eigenvalue weighted by Gasteiger charge is -2.23. The van der Waals surface area contributed by atoms with E-state index in [0.717, 1.165) is 22.5 Å². The molecule has 39 heavy (non-hydrogen) atoms. The fourth-order valence-corrected chi connectivity index (χ4v) is 6.26. The zero-order valence-corrected chi connectivity index (χ0v) is 23.0. The van der Waals surface area contributed by atoms with Crippen molar-refractivity contribution in [3.05, 3.63) is 106 Å². The molecule has 1 atom stereocenters. The fourth-order valence-electron chi connectivity index (χ4n) is 4.41. The number of aryl methyl sites for hydroxylation is 2. The summed E-state index contributed by atoms with van der Waals surface area (Å²) in [4.78, 5) is 28.2. The highest BCUT2D eigenvalue weighted by molar-refractivity contribution is 8.00. The molecule has 1 saturated heterocycles. The number of carbonyl (C=O) groups excluding carboxylic acids is 2. The van der Waals surface area contributed by atoms with Crippen molar-refractivity contribution in [2.24, 2.45) is 0 Å². The van der Waals surface area contributed by atoms with E-state index in [-0.39, 0.29) is 22.3 Å². The maximum Gasteiger partial charge on any atom is 0.301 e. The highest BCUT2D eigenvalue weighted by Crippen LogP contribution is 2.45. The monoisotopic (exact) mass is 561 g/mol. The minimum absolute atomic E-state index is 0.0438. The molecule has 3 aromatic carbocycles. The Morgan fingerprint density at radius 3 is 2.64 bits per heavy atom. The Balaban J connectivity index is 1.59. The Bertz CT molecular complexity index is 1620. The van der Waals surface area contributed by atoms with Crippen LogP contribution in [0.1, 0.15) is 33.9 Å². The standard InChI is InChI=1S/C29H24FN3O4S2/c1-16-11-12-17(2)21(13-16)25(34)23-24(18-8-6-9-20(14-18)37-3)33(27(36)26(23)35)28-31-32-29(39-28)38-15-19-7-4-5-10-22(19)30/h4-14,24,34H,15H2,1-3H3. The molecular weight excluding hydrogens is 537 g/mol. The van der Waals surface area contributed by atoms with Crippen LogP contribution < -0.4 is 9.64 Å². The van der Waals surface area contributed by atoms with Crippen molar-refractivity contribution in [3.8, 4) is 5.75 Å². The Morgan fingerprint density at radius 2 is 1.87 bits per heavy atom. The van der Waals surface area contributed by atoms with E-state index < -0.39 is 17.7 Å². The van der Waals surface area contributed by atoms with Gasteiger partial charge in [-0.15, -0.1) is 10.2 Å². The van der Waals surface area contributed by atoms with E-state index in [0.29, 0.717) is 32.5 Å². The molecule has 5 rings (SSSR count). The van der Waals surface area contributed by atoms with Crippen molar-refractivity contribution < 1.29 is 23.8 Å². The lowest BCUT2D eigenvalue weighted by molar-refractivity contribution is -0.132. The molecule has 2 heterocycles. The number of ether oxygens (including phenoxy) is 1. The number of aromatic nitrogens is 2. The van der Waals surface area contributed by atoms with Crippen LogP contribution in [0.4, 0.5) is 9.52 Å². The van der Waals surface area contributed by atoms with Crippen LogP contribution in [0.3, 0.4) is 0 Å². The summed E-state index contributed by atoms with van der Waals surface area (Å²) >= 11 is 2.40. The predicted octanol–water partition coefficient (Wildman–Crippen LogP) is 6.22. The van der Waals surface area contributed by atoms with Gasteiger partial charge < -0.3 is 9.84 Å². The van der Waals surface area contributed by atoms with Crippen LogP contribution in [0.25, 0.3) is 5.76 Å². The summed E-state index contributed by atoms with van der Waals surface area (Å²) in [5.74, 6) is -1.36. The summed E-state index contributed by atoms with van der Waals surface area (Å²) in [6.07, 6.45) is 0. The van der Waals surface area contributed by atoms with Crippen LogP contribution in [-0.4, -0.2) is 34.1 Å². The van der Waals surface area contributed by atoms with Gasteiger partial charge in [-0.1, -0.05) is 71.1 Å². The molecule has 1 unspecified atom stereocenters. The van der Waals surface area contributed by atoms with E-state index >= 15 is 0 Å². The number of hydrogen-bond acceptors (Lipinski definition) is 8. The third kappa shape index (κ3) is 5.17. The number of benzene rings is 3. The maximum absolute atomic E-state index is 14.1. The van der Waals surface area contributed by atoms with E-state index in [9.17, 15) is 19.1 Å². The SMILES string of the molecule is COc1cccc(C2C(=C(O)c3cc(C)ccc3C)C(=O)C(=O)N2c2nnc(SCc3ccccc3F)s2)c1. The molecular formula is C29H24FN3O4S2. The average Bonchev–Trinajstić information content (AvgIpc) is 3.51. The van der Waals surface area contributed by atoms with Gasteiger partial charge in [-0.05, 0) is 54.8 Å². The van der Waals surface area contributed by atoms with E-state index in [1.807, 2.05) is 26.0 Å². The van der Waals surface area contributed by atoms with E-state index in [1.165, 1.54) is 29.8 Å². The summed E-state index contributed by atoms with van der Waals surface area (Å²) in [5, 5.41) is 20.0. The number of nitrogens with zero attached hydrogens (tertiary/aromatic N) is 3. The van der Waals surface area contributed by atoms with Crippen LogP contribution >= 0.6 is 23.1 Å². The van der Waals surface area contributed by atoms with Gasteiger partial charge >= 0.3 is 5.91 Å². The average molecular weight is 562 g/mol. The first-order chi connectivity index (χ1) is 18.8. The number of rotatable bonds is 7. The first-order valence-corrected chi connectivity index (χ1v) is 13.8. The first-order valence-electron chi connectivity index (χ1n) is 12.0. The van der Waals surface area contributed by atoms with Crippen molar-refractivity contribution in [2.45, 2.75) is 30.0 Å². The fraction of sp³-hybridized carbons (Fsp3) is 0.172. The van der Waals surface area contributed by atoms with E-state index in [1.54, 1.807) is 48.5 Å². The molecule has 0 saturated carbocycles. The molecule has 0 bridgehead atoms. The number of anilines is 1. The van der Waals surface area contributed by atoms with Gasteiger partial charge in [0.2, 0.25) is 5.13 Å². The minimum atomic E-state index is -0.961. The van der Waals surface area contributed by atoms with Crippen molar-refractivity contribution in [3.63, 3.8) is 0 Å². The molecule has 0 aliphatic carbocycles. The summed E-state index contributed by atoms with van der Waals surface area (Å²) in [6, 6.07) is 18.0. The number of aliphatic hydroxyl groups is 1. The Labute approximate surface area is 233 Å². The van der Waals surface area contributed by atoms with Gasteiger partial charge in [-0.2, -0.15) is 0 Å². The minimum Gasteiger partial charge on any atom is -0.507 e. The second kappa shape index (κ2) is 11.0. The molecule has 1 N–H and O–H groups in total. The first kappa shape index (κ1) is 26.6. The van der Waals surface area contributed by atoms with Gasteiger partial charge in [0.25, 0.3) is 5.78 Å². The number of ketones is 1. The highest BCUT2D eigenvalue weighted by atomic mass is 32.2. The second-order valence-electron chi connectivity index (χ2n) is 8.99. The van der Waals surface area contributed by atoms with Gasteiger partial charge in [0.15, 0.2) is 4.34 Å². The number of halogens is 1. The number of methoxy groups -OCH3 is 1. The Morgan fingerprint density at radius 1 is 1.08 bits per heavy atom. The van der Waals surface area contributed by atoms with Crippen LogP contribution in [0.5, 0.6) is 5.75 Å². The molecule has 1 aliphatic rings. The predicted molar refractivity (Wildman–Crippen MR) is 150 cm³/mol. The molecule has 1 aromatic heterocycles. The zero-order valence-electron chi connectivity index (χ0n) is 21.3. The smallest absolute Gasteiger partial charge is 0.301 e. The second-order valence-corrected chi connectivity index (χ2v) is 11.2. The number of thioether (sulfide) groups is 1. The van der Waals surface area contributed by atoms with Gasteiger partial charge in [-0.3, -0.25) is 14.5 Å². The van der Waals surface area contributed by atoms with Gasteiger partial charge in [0.1, 0.15) is 17.3 Å².